The zero-order valence-electron chi connectivity index (χ0n) is 9.79. The van der Waals surface area contributed by atoms with Crippen LogP contribution in [-0.2, 0) is 9.59 Å². The van der Waals surface area contributed by atoms with Crippen molar-refractivity contribution in [2.24, 2.45) is 11.7 Å². The summed E-state index contributed by atoms with van der Waals surface area (Å²) in [4.78, 5) is 22.2. The van der Waals surface area contributed by atoms with Crippen LogP contribution < -0.4 is 16.4 Å². The highest BCUT2D eigenvalue weighted by Crippen LogP contribution is 2.13. The van der Waals surface area contributed by atoms with Crippen LogP contribution in [0.2, 0.25) is 0 Å². The Balaban J connectivity index is 2.12. The molecule has 92 valence electrons. The number of carbonyl (C=O) groups excluding carboxylic acids is 2. The molecule has 5 nitrogen and oxygen atoms in total. The molecule has 0 aromatic rings. The molecule has 0 aromatic heterocycles. The molecule has 4 N–H and O–H groups in total. The van der Waals surface area contributed by atoms with Gasteiger partial charge >= 0.3 is 0 Å². The van der Waals surface area contributed by atoms with Crippen LogP contribution >= 0.6 is 0 Å². The Morgan fingerprint density at radius 3 is 2.75 bits per heavy atom. The molecule has 0 saturated carbocycles. The van der Waals surface area contributed by atoms with Gasteiger partial charge in [-0.15, -0.1) is 0 Å². The second-order valence-corrected chi connectivity index (χ2v) is 4.44. The number of amides is 2. The molecule has 1 aliphatic heterocycles. The van der Waals surface area contributed by atoms with Gasteiger partial charge in [-0.25, -0.2) is 0 Å². The summed E-state index contributed by atoms with van der Waals surface area (Å²) in [6, 6.07) is 0.513. The molecule has 0 bridgehead atoms. The number of hydrogen-bond donors (Lipinski definition) is 3. The predicted octanol–water partition coefficient (Wildman–Crippen LogP) is -0.244. The standard InChI is InChI=1S/C11H21N3O2/c1-8-4-5-9(7-14-8)11(16)13-6-2-3-10(12)15/h8-9,14H,2-7H2,1H3,(H2,12,15)(H,13,16). The predicted molar refractivity (Wildman–Crippen MR) is 61.6 cm³/mol. The van der Waals surface area contributed by atoms with E-state index in [4.69, 9.17) is 5.73 Å². The van der Waals surface area contributed by atoms with Gasteiger partial charge in [-0.05, 0) is 26.2 Å². The molecule has 1 aliphatic rings. The third-order valence-corrected chi connectivity index (χ3v) is 2.93. The first-order chi connectivity index (χ1) is 7.59. The Morgan fingerprint density at radius 1 is 1.44 bits per heavy atom. The second kappa shape index (κ2) is 6.48. The zero-order chi connectivity index (χ0) is 12.0. The van der Waals surface area contributed by atoms with Gasteiger partial charge in [-0.1, -0.05) is 0 Å². The van der Waals surface area contributed by atoms with Crippen molar-refractivity contribution in [2.75, 3.05) is 13.1 Å². The monoisotopic (exact) mass is 227 g/mol. The van der Waals surface area contributed by atoms with Crippen LogP contribution in [0.4, 0.5) is 0 Å². The van der Waals surface area contributed by atoms with Gasteiger partial charge < -0.3 is 16.4 Å². The van der Waals surface area contributed by atoms with Crippen LogP contribution in [-0.4, -0.2) is 30.9 Å². The van der Waals surface area contributed by atoms with Crippen molar-refractivity contribution in [1.82, 2.24) is 10.6 Å². The van der Waals surface area contributed by atoms with Crippen LogP contribution in [0.25, 0.3) is 0 Å². The van der Waals surface area contributed by atoms with Crippen molar-refractivity contribution in [3.8, 4) is 0 Å². The summed E-state index contributed by atoms with van der Waals surface area (Å²) in [6.07, 6.45) is 2.94. The summed E-state index contributed by atoms with van der Waals surface area (Å²) in [7, 11) is 0. The van der Waals surface area contributed by atoms with E-state index in [1.165, 1.54) is 0 Å². The van der Waals surface area contributed by atoms with Crippen molar-refractivity contribution in [2.45, 2.75) is 38.6 Å². The fourth-order valence-corrected chi connectivity index (χ4v) is 1.84. The van der Waals surface area contributed by atoms with Gasteiger partial charge in [0.1, 0.15) is 0 Å². The summed E-state index contributed by atoms with van der Waals surface area (Å²) >= 11 is 0. The van der Waals surface area contributed by atoms with Gasteiger partial charge in [0.15, 0.2) is 0 Å². The van der Waals surface area contributed by atoms with Crippen LogP contribution in [0.3, 0.4) is 0 Å². The van der Waals surface area contributed by atoms with Crippen molar-refractivity contribution in [3.63, 3.8) is 0 Å². The molecule has 1 fully saturated rings. The first-order valence-electron chi connectivity index (χ1n) is 5.89. The maximum Gasteiger partial charge on any atom is 0.224 e. The third-order valence-electron chi connectivity index (χ3n) is 2.93. The van der Waals surface area contributed by atoms with Gasteiger partial charge in [0.25, 0.3) is 0 Å². The minimum absolute atomic E-state index is 0.0739. The number of hydrogen-bond acceptors (Lipinski definition) is 3. The molecule has 2 amide bonds. The van der Waals surface area contributed by atoms with Crippen LogP contribution in [0.15, 0.2) is 0 Å². The largest absolute Gasteiger partial charge is 0.370 e. The summed E-state index contributed by atoms with van der Waals surface area (Å²) in [5.74, 6) is -0.156. The Morgan fingerprint density at radius 2 is 2.19 bits per heavy atom. The highest BCUT2D eigenvalue weighted by atomic mass is 16.2. The van der Waals surface area contributed by atoms with Gasteiger partial charge in [-0.3, -0.25) is 9.59 Å². The molecule has 2 unspecified atom stereocenters. The SMILES string of the molecule is CC1CCC(C(=O)NCCCC(N)=O)CN1. The second-order valence-electron chi connectivity index (χ2n) is 4.44. The van der Waals surface area contributed by atoms with E-state index < -0.39 is 0 Å². The lowest BCUT2D eigenvalue weighted by molar-refractivity contribution is -0.126. The van der Waals surface area contributed by atoms with Gasteiger partial charge in [-0.2, -0.15) is 0 Å². The van der Waals surface area contributed by atoms with Crippen LogP contribution in [0.5, 0.6) is 0 Å². The van der Waals surface area contributed by atoms with E-state index in [1.54, 1.807) is 0 Å². The van der Waals surface area contributed by atoms with Crippen LogP contribution in [0.1, 0.15) is 32.6 Å². The molecular formula is C11H21N3O2. The summed E-state index contributed by atoms with van der Waals surface area (Å²) in [6.45, 7) is 3.41. The number of rotatable bonds is 5. The normalized spacial score (nSPS) is 25.1. The first-order valence-corrected chi connectivity index (χ1v) is 5.89. The quantitative estimate of drug-likeness (QED) is 0.567. The molecule has 0 aliphatic carbocycles. The fourth-order valence-electron chi connectivity index (χ4n) is 1.84. The van der Waals surface area contributed by atoms with Gasteiger partial charge in [0, 0.05) is 25.6 Å². The van der Waals surface area contributed by atoms with Crippen LogP contribution in [0, 0.1) is 5.92 Å². The number of primary amides is 1. The van der Waals surface area contributed by atoms with Crippen molar-refractivity contribution in [1.29, 1.82) is 0 Å². The molecular weight excluding hydrogens is 206 g/mol. The van der Waals surface area contributed by atoms with Crippen molar-refractivity contribution < 1.29 is 9.59 Å². The molecule has 1 rings (SSSR count). The molecule has 1 heterocycles. The summed E-state index contributed by atoms with van der Waals surface area (Å²) in [5.41, 5.74) is 5.01. The lowest BCUT2D eigenvalue weighted by Gasteiger charge is -2.26. The van der Waals surface area contributed by atoms with E-state index in [0.29, 0.717) is 25.4 Å². The lowest BCUT2D eigenvalue weighted by atomic mass is 9.95. The smallest absolute Gasteiger partial charge is 0.224 e. The zero-order valence-corrected chi connectivity index (χ0v) is 9.79. The number of carbonyl (C=O) groups is 2. The highest BCUT2D eigenvalue weighted by Gasteiger charge is 2.23. The van der Waals surface area contributed by atoms with E-state index in [1.807, 2.05) is 0 Å². The molecule has 1 saturated heterocycles. The highest BCUT2D eigenvalue weighted by molar-refractivity contribution is 5.79. The Bertz CT molecular complexity index is 248. The molecule has 2 atom stereocenters. The molecule has 0 aromatic carbocycles. The summed E-state index contributed by atoms with van der Waals surface area (Å²) < 4.78 is 0. The lowest BCUT2D eigenvalue weighted by Crippen LogP contribution is -2.44. The molecule has 0 spiro atoms. The van der Waals surface area contributed by atoms with Crippen molar-refractivity contribution >= 4 is 11.8 Å². The maximum atomic E-state index is 11.7. The number of nitrogens with one attached hydrogen (secondary N) is 2. The third kappa shape index (κ3) is 4.61. The average molecular weight is 227 g/mol. The first kappa shape index (κ1) is 13.0. The molecule has 16 heavy (non-hydrogen) atoms. The Labute approximate surface area is 96.1 Å². The van der Waals surface area contributed by atoms with E-state index in [-0.39, 0.29) is 17.7 Å². The number of nitrogens with two attached hydrogens (primary N) is 1. The minimum atomic E-state index is -0.317. The van der Waals surface area contributed by atoms with E-state index in [2.05, 4.69) is 17.6 Å². The average Bonchev–Trinajstić information content (AvgIpc) is 2.25. The van der Waals surface area contributed by atoms with Gasteiger partial charge in [0.2, 0.25) is 11.8 Å². The topological polar surface area (TPSA) is 84.2 Å². The van der Waals surface area contributed by atoms with Gasteiger partial charge in [0.05, 0.1) is 5.92 Å². The summed E-state index contributed by atoms with van der Waals surface area (Å²) in [5, 5.41) is 6.12. The minimum Gasteiger partial charge on any atom is -0.370 e. The maximum absolute atomic E-state index is 11.7. The number of piperidine rings is 1. The Kier molecular flexibility index (Phi) is 5.25. The molecule has 0 radical (unpaired) electrons. The Hall–Kier alpha value is -1.10. The molecule has 5 heteroatoms. The van der Waals surface area contributed by atoms with Crippen molar-refractivity contribution in [3.05, 3.63) is 0 Å². The van der Waals surface area contributed by atoms with E-state index in [0.717, 1.165) is 19.4 Å². The fraction of sp³-hybridized carbons (Fsp3) is 0.818. The van der Waals surface area contributed by atoms with E-state index in [9.17, 15) is 9.59 Å². The van der Waals surface area contributed by atoms with E-state index >= 15 is 0 Å².